The van der Waals surface area contributed by atoms with Gasteiger partial charge in [-0.3, -0.25) is 4.79 Å². The van der Waals surface area contributed by atoms with Crippen molar-refractivity contribution in [3.05, 3.63) is 0 Å². The van der Waals surface area contributed by atoms with Crippen molar-refractivity contribution < 1.29 is 4.79 Å². The summed E-state index contributed by atoms with van der Waals surface area (Å²) in [6.07, 6.45) is 10.6. The summed E-state index contributed by atoms with van der Waals surface area (Å²) in [7, 11) is 0. The second-order valence-corrected chi connectivity index (χ2v) is 7.17. The van der Waals surface area contributed by atoms with E-state index in [-0.39, 0.29) is 11.3 Å². The Morgan fingerprint density at radius 2 is 1.84 bits per heavy atom. The molecule has 0 aromatic rings. The van der Waals surface area contributed by atoms with Gasteiger partial charge in [0.05, 0.1) is 0 Å². The molecule has 0 radical (unpaired) electrons. The molecule has 2 nitrogen and oxygen atoms in total. The smallest absolute Gasteiger partial charge is 0.220 e. The van der Waals surface area contributed by atoms with E-state index in [0.29, 0.717) is 11.8 Å². The molecule has 0 bridgehead atoms. The summed E-state index contributed by atoms with van der Waals surface area (Å²) in [6, 6.07) is 0. The summed E-state index contributed by atoms with van der Waals surface area (Å²) >= 11 is 5.73. The molecule has 1 N–H and O–H groups in total. The molecule has 0 heterocycles. The first-order valence-electron chi connectivity index (χ1n) is 7.86. The van der Waals surface area contributed by atoms with Crippen LogP contribution in [0.5, 0.6) is 0 Å². The van der Waals surface area contributed by atoms with Gasteiger partial charge in [-0.25, -0.2) is 0 Å². The molecule has 1 saturated carbocycles. The summed E-state index contributed by atoms with van der Waals surface area (Å²) in [5.41, 5.74) is 0.161. The number of rotatable bonds is 7. The molecular weight excluding hydrogens is 258 g/mol. The zero-order valence-corrected chi connectivity index (χ0v) is 13.4. The van der Waals surface area contributed by atoms with Crippen LogP contribution in [0.3, 0.4) is 0 Å². The van der Waals surface area contributed by atoms with Crippen molar-refractivity contribution in [1.82, 2.24) is 5.32 Å². The Morgan fingerprint density at radius 3 is 2.42 bits per heavy atom. The zero-order chi connectivity index (χ0) is 14.1. The third-order valence-corrected chi connectivity index (χ3v) is 4.47. The highest BCUT2D eigenvalue weighted by Crippen LogP contribution is 2.26. The summed E-state index contributed by atoms with van der Waals surface area (Å²) < 4.78 is 0. The van der Waals surface area contributed by atoms with Crippen molar-refractivity contribution in [2.24, 2.45) is 11.3 Å². The summed E-state index contributed by atoms with van der Waals surface area (Å²) in [5, 5.41) is 3.12. The fraction of sp³-hybridized carbons (Fsp3) is 0.938. The first-order valence-corrected chi connectivity index (χ1v) is 8.39. The zero-order valence-electron chi connectivity index (χ0n) is 12.6. The molecule has 112 valence electrons. The molecule has 1 aliphatic rings. The van der Waals surface area contributed by atoms with Gasteiger partial charge in [0.25, 0.3) is 0 Å². The van der Waals surface area contributed by atoms with Gasteiger partial charge in [0.2, 0.25) is 5.91 Å². The Kier molecular flexibility index (Phi) is 7.82. The normalized spacial score (nSPS) is 18.1. The minimum absolute atomic E-state index is 0.161. The molecule has 1 fully saturated rings. The van der Waals surface area contributed by atoms with Gasteiger partial charge in [-0.2, -0.15) is 0 Å². The molecule has 0 unspecified atom stereocenters. The number of nitrogens with one attached hydrogen (secondary N) is 1. The maximum absolute atomic E-state index is 12.0. The predicted molar refractivity (Wildman–Crippen MR) is 82.6 cm³/mol. The number of halogens is 1. The van der Waals surface area contributed by atoms with Crippen molar-refractivity contribution >= 4 is 17.5 Å². The third-order valence-electron chi connectivity index (χ3n) is 4.20. The Balaban J connectivity index is 2.22. The van der Waals surface area contributed by atoms with E-state index in [1.807, 2.05) is 0 Å². The van der Waals surface area contributed by atoms with Crippen LogP contribution in [0.15, 0.2) is 0 Å². The van der Waals surface area contributed by atoms with Crippen molar-refractivity contribution in [1.29, 1.82) is 0 Å². The first kappa shape index (κ1) is 16.8. The Hall–Kier alpha value is -0.240. The Labute approximate surface area is 123 Å². The van der Waals surface area contributed by atoms with Crippen LogP contribution < -0.4 is 5.32 Å². The van der Waals surface area contributed by atoms with Gasteiger partial charge >= 0.3 is 0 Å². The van der Waals surface area contributed by atoms with Gasteiger partial charge in [0.15, 0.2) is 0 Å². The van der Waals surface area contributed by atoms with Gasteiger partial charge in [-0.15, -0.1) is 11.6 Å². The van der Waals surface area contributed by atoms with Crippen molar-refractivity contribution in [2.45, 2.75) is 71.6 Å². The van der Waals surface area contributed by atoms with Gasteiger partial charge < -0.3 is 5.32 Å². The largest absolute Gasteiger partial charge is 0.356 e. The summed E-state index contributed by atoms with van der Waals surface area (Å²) in [4.78, 5) is 12.0. The Bertz CT molecular complexity index is 257. The lowest BCUT2D eigenvalue weighted by Crippen LogP contribution is -2.34. The molecule has 1 rings (SSSR count). The van der Waals surface area contributed by atoms with Gasteiger partial charge in [-0.1, -0.05) is 39.5 Å². The summed E-state index contributed by atoms with van der Waals surface area (Å²) in [5.74, 6) is 1.57. The molecule has 19 heavy (non-hydrogen) atoms. The van der Waals surface area contributed by atoms with Crippen molar-refractivity contribution in [3.63, 3.8) is 0 Å². The minimum Gasteiger partial charge on any atom is -0.356 e. The number of hydrogen-bond donors (Lipinski definition) is 1. The minimum atomic E-state index is 0.161. The lowest BCUT2D eigenvalue weighted by molar-refractivity contribution is -0.122. The van der Waals surface area contributed by atoms with Crippen LogP contribution in [-0.4, -0.2) is 18.3 Å². The van der Waals surface area contributed by atoms with Crippen molar-refractivity contribution in [2.75, 3.05) is 12.4 Å². The number of alkyl halides is 1. The molecule has 1 amide bonds. The van der Waals surface area contributed by atoms with Gasteiger partial charge in [-0.05, 0) is 37.0 Å². The quantitative estimate of drug-likeness (QED) is 0.542. The number of carbonyl (C=O) groups excluding carboxylic acids is 1. The van der Waals surface area contributed by atoms with E-state index >= 15 is 0 Å². The highest BCUT2D eigenvalue weighted by molar-refractivity contribution is 6.17. The van der Waals surface area contributed by atoms with Gasteiger partial charge in [0, 0.05) is 18.8 Å². The summed E-state index contributed by atoms with van der Waals surface area (Å²) in [6.45, 7) is 5.17. The van der Waals surface area contributed by atoms with Crippen LogP contribution in [0.1, 0.15) is 71.6 Å². The van der Waals surface area contributed by atoms with Crippen LogP contribution in [0.25, 0.3) is 0 Å². The third kappa shape index (κ3) is 7.81. The van der Waals surface area contributed by atoms with E-state index in [1.54, 1.807) is 0 Å². The Morgan fingerprint density at radius 1 is 1.21 bits per heavy atom. The molecule has 0 saturated heterocycles. The number of carbonyl (C=O) groups is 1. The van der Waals surface area contributed by atoms with E-state index in [0.717, 1.165) is 25.8 Å². The van der Waals surface area contributed by atoms with Crippen molar-refractivity contribution in [3.8, 4) is 0 Å². The maximum Gasteiger partial charge on any atom is 0.220 e. The molecule has 0 spiro atoms. The average molecular weight is 288 g/mol. The fourth-order valence-corrected chi connectivity index (χ4v) is 3.01. The molecule has 0 aliphatic heterocycles. The highest BCUT2D eigenvalue weighted by atomic mass is 35.5. The first-order chi connectivity index (χ1) is 9.03. The molecule has 1 aliphatic carbocycles. The average Bonchev–Trinajstić information content (AvgIpc) is 2.63. The SMILES string of the molecule is CC(C)(CCCCl)CNC(=O)CC1CCCCCC1. The second-order valence-electron chi connectivity index (χ2n) is 6.80. The van der Waals surface area contributed by atoms with Crippen LogP contribution in [0.2, 0.25) is 0 Å². The van der Waals surface area contributed by atoms with E-state index in [1.165, 1.54) is 38.5 Å². The molecule has 3 heteroatoms. The second kappa shape index (κ2) is 8.84. The molecule has 0 aromatic carbocycles. The molecule has 0 atom stereocenters. The molecule has 0 aromatic heterocycles. The van der Waals surface area contributed by atoms with E-state index < -0.39 is 0 Å². The lowest BCUT2D eigenvalue weighted by Gasteiger charge is -2.25. The lowest BCUT2D eigenvalue weighted by atomic mass is 9.88. The van der Waals surface area contributed by atoms with Crippen LogP contribution >= 0.6 is 11.6 Å². The monoisotopic (exact) mass is 287 g/mol. The number of amides is 1. The predicted octanol–water partition coefficient (Wildman–Crippen LogP) is 4.51. The van der Waals surface area contributed by atoms with Gasteiger partial charge in [0.1, 0.15) is 0 Å². The topological polar surface area (TPSA) is 29.1 Å². The van der Waals surface area contributed by atoms with Crippen LogP contribution in [0.4, 0.5) is 0 Å². The van der Waals surface area contributed by atoms with Crippen LogP contribution in [0, 0.1) is 11.3 Å². The van der Waals surface area contributed by atoms with E-state index in [9.17, 15) is 4.79 Å². The fourth-order valence-electron chi connectivity index (χ4n) is 2.87. The number of hydrogen-bond acceptors (Lipinski definition) is 1. The van der Waals surface area contributed by atoms with E-state index in [4.69, 9.17) is 11.6 Å². The standard InChI is InChI=1S/C16H30ClNO/c1-16(2,10-7-11-17)13-18-15(19)12-14-8-5-3-4-6-9-14/h14H,3-13H2,1-2H3,(H,18,19). The van der Waals surface area contributed by atoms with E-state index in [2.05, 4.69) is 19.2 Å². The highest BCUT2D eigenvalue weighted by Gasteiger charge is 2.20. The van der Waals surface area contributed by atoms with Crippen LogP contribution in [-0.2, 0) is 4.79 Å². The maximum atomic E-state index is 12.0. The molecular formula is C16H30ClNO.